The maximum atomic E-state index is 11.9. The van der Waals surface area contributed by atoms with Crippen LogP contribution in [-0.2, 0) is 9.53 Å². The number of nitrogens with two attached hydrogens (primary N) is 1. The Kier molecular flexibility index (Phi) is 10.8. The second kappa shape index (κ2) is 16.0. The molecule has 10 heteroatoms. The van der Waals surface area contributed by atoms with Gasteiger partial charge < -0.3 is 24.7 Å². The van der Waals surface area contributed by atoms with Crippen molar-refractivity contribution in [3.63, 3.8) is 0 Å². The molecule has 0 saturated carbocycles. The van der Waals surface area contributed by atoms with Crippen molar-refractivity contribution in [3.8, 4) is 23.0 Å². The van der Waals surface area contributed by atoms with E-state index < -0.39 is 12.1 Å². The number of carbonyl (C=O) groups is 1. The maximum absolute atomic E-state index is 11.9. The summed E-state index contributed by atoms with van der Waals surface area (Å²) in [4.78, 5) is 11.9. The van der Waals surface area contributed by atoms with Crippen molar-refractivity contribution in [1.82, 2.24) is 0 Å². The first-order valence-corrected chi connectivity index (χ1v) is 14.3. The average molecular weight is 614 g/mol. The van der Waals surface area contributed by atoms with E-state index in [1.807, 2.05) is 54.6 Å². The van der Waals surface area contributed by atoms with Gasteiger partial charge in [-0.1, -0.05) is 24.8 Å². The second-order valence-electron chi connectivity index (χ2n) is 9.77. The van der Waals surface area contributed by atoms with Crippen LogP contribution >= 0.6 is 0 Å². The molecular weight excluding hydrogens is 582 g/mol. The number of azo groups is 2. The fraction of sp³-hybridized carbons (Fsp3) is 0.0833. The Morgan fingerprint density at radius 2 is 0.978 bits per heavy atom. The average Bonchev–Trinajstić information content (AvgIpc) is 3.10. The molecule has 46 heavy (non-hydrogen) atoms. The number of ether oxygens (including phenoxy) is 4. The Labute approximate surface area is 266 Å². The Balaban J connectivity index is 1.11. The van der Waals surface area contributed by atoms with Gasteiger partial charge in [0, 0.05) is 11.8 Å². The van der Waals surface area contributed by atoms with E-state index in [4.69, 9.17) is 24.7 Å². The topological polar surface area (TPSA) is 129 Å². The van der Waals surface area contributed by atoms with Crippen LogP contribution in [0.4, 0.5) is 28.4 Å². The number of rotatable bonds is 14. The van der Waals surface area contributed by atoms with E-state index in [-0.39, 0.29) is 13.2 Å². The van der Waals surface area contributed by atoms with Crippen LogP contribution in [0.3, 0.4) is 0 Å². The summed E-state index contributed by atoms with van der Waals surface area (Å²) in [5, 5.41) is 17.0. The molecule has 0 fully saturated rings. The van der Waals surface area contributed by atoms with Crippen molar-refractivity contribution in [2.24, 2.45) is 20.5 Å². The van der Waals surface area contributed by atoms with E-state index in [0.717, 1.165) is 11.8 Å². The minimum Gasteiger partial charge on any atom is -0.490 e. The first-order chi connectivity index (χ1) is 22.5. The van der Waals surface area contributed by atoms with Gasteiger partial charge in [0.25, 0.3) is 0 Å². The van der Waals surface area contributed by atoms with Gasteiger partial charge in [0.1, 0.15) is 36.2 Å². The van der Waals surface area contributed by atoms with E-state index in [2.05, 4.69) is 27.0 Å². The third-order valence-electron chi connectivity index (χ3n) is 6.27. The first kappa shape index (κ1) is 31.1. The highest BCUT2D eigenvalue weighted by Crippen LogP contribution is 2.27. The molecule has 0 aliphatic rings. The fourth-order valence-corrected chi connectivity index (χ4v) is 3.90. The molecule has 0 aliphatic carbocycles. The zero-order chi connectivity index (χ0) is 32.0. The molecule has 5 rings (SSSR count). The summed E-state index contributed by atoms with van der Waals surface area (Å²) in [6.45, 7) is 3.60. The van der Waals surface area contributed by atoms with E-state index in [1.54, 1.807) is 72.8 Å². The van der Waals surface area contributed by atoms with Gasteiger partial charge in [-0.05, 0) is 109 Å². The third kappa shape index (κ3) is 9.88. The fourth-order valence-electron chi connectivity index (χ4n) is 3.90. The molecule has 0 spiro atoms. The minimum atomic E-state index is -0.686. The number of hydrogen-bond acceptors (Lipinski definition) is 10. The molecule has 0 radical (unpaired) electrons. The zero-order valence-electron chi connectivity index (χ0n) is 24.8. The lowest BCUT2D eigenvalue weighted by Gasteiger charge is -2.18. The van der Waals surface area contributed by atoms with Crippen LogP contribution < -0.4 is 19.9 Å². The van der Waals surface area contributed by atoms with Gasteiger partial charge in [-0.15, -0.1) is 0 Å². The lowest BCUT2D eigenvalue weighted by atomic mass is 10.3. The SMILES string of the molecule is C=CC(=O)OC(COc1ccc(N=Nc2ccccc2)cc1)COc1ccc(N=Nc2ccc(Oc3ccc(N)cc3)cc2)cc1. The third-order valence-corrected chi connectivity index (χ3v) is 6.27. The number of carbonyl (C=O) groups excluding carboxylic acids is 1. The summed E-state index contributed by atoms with van der Waals surface area (Å²) >= 11 is 0. The van der Waals surface area contributed by atoms with Crippen LogP contribution in [0.2, 0.25) is 0 Å². The van der Waals surface area contributed by atoms with Crippen molar-refractivity contribution in [1.29, 1.82) is 0 Å². The number of anilines is 1. The molecule has 0 aromatic heterocycles. The standard InChI is InChI=1S/C36H31N5O5/c1-2-36(42)46-35(24-43-31-18-10-28(11-19-31)39-38-27-6-4-3-5-7-27)25-44-32-20-12-29(13-21-32)40-41-30-14-22-34(23-15-30)45-33-16-8-26(37)9-17-33/h2-23,35H,1,24-25,37H2. The van der Waals surface area contributed by atoms with Crippen molar-refractivity contribution in [3.05, 3.63) is 140 Å². The predicted octanol–water partition coefficient (Wildman–Crippen LogP) is 9.45. The highest BCUT2D eigenvalue weighted by Gasteiger charge is 2.15. The quantitative estimate of drug-likeness (QED) is 0.0575. The van der Waals surface area contributed by atoms with Gasteiger partial charge in [0.15, 0.2) is 6.10 Å². The largest absolute Gasteiger partial charge is 0.490 e. The number of nitrogen functional groups attached to an aromatic ring is 1. The van der Waals surface area contributed by atoms with Gasteiger partial charge in [-0.2, -0.15) is 20.5 Å². The van der Waals surface area contributed by atoms with E-state index >= 15 is 0 Å². The van der Waals surface area contributed by atoms with E-state index in [9.17, 15) is 4.79 Å². The van der Waals surface area contributed by atoms with Gasteiger partial charge in [-0.25, -0.2) is 4.79 Å². The van der Waals surface area contributed by atoms with Crippen LogP contribution in [-0.4, -0.2) is 25.3 Å². The van der Waals surface area contributed by atoms with Crippen LogP contribution in [0.15, 0.2) is 161 Å². The predicted molar refractivity (Wildman–Crippen MR) is 176 cm³/mol. The molecule has 0 saturated heterocycles. The van der Waals surface area contributed by atoms with Gasteiger partial charge in [0.2, 0.25) is 0 Å². The van der Waals surface area contributed by atoms with Crippen LogP contribution in [0, 0.1) is 0 Å². The smallest absolute Gasteiger partial charge is 0.330 e. The van der Waals surface area contributed by atoms with Crippen molar-refractivity contribution in [2.45, 2.75) is 6.10 Å². The zero-order valence-corrected chi connectivity index (χ0v) is 24.8. The molecular formula is C36H31N5O5. The van der Waals surface area contributed by atoms with Gasteiger partial charge in [-0.3, -0.25) is 0 Å². The molecule has 5 aromatic rings. The summed E-state index contributed by atoms with van der Waals surface area (Å²) in [5.41, 5.74) is 9.13. The molecule has 10 nitrogen and oxygen atoms in total. The van der Waals surface area contributed by atoms with Gasteiger partial charge >= 0.3 is 5.97 Å². The summed E-state index contributed by atoms with van der Waals surface area (Å²) < 4.78 is 22.9. The van der Waals surface area contributed by atoms with Crippen molar-refractivity contribution in [2.75, 3.05) is 18.9 Å². The highest BCUT2D eigenvalue weighted by molar-refractivity contribution is 5.81. The molecule has 0 aliphatic heterocycles. The molecule has 230 valence electrons. The first-order valence-electron chi connectivity index (χ1n) is 14.3. The second-order valence-corrected chi connectivity index (χ2v) is 9.77. The number of hydrogen-bond donors (Lipinski definition) is 1. The molecule has 0 amide bonds. The van der Waals surface area contributed by atoms with Crippen LogP contribution in [0.25, 0.3) is 0 Å². The van der Waals surface area contributed by atoms with Crippen LogP contribution in [0.1, 0.15) is 0 Å². The van der Waals surface area contributed by atoms with Crippen molar-refractivity contribution < 1.29 is 23.7 Å². The van der Waals surface area contributed by atoms with Crippen LogP contribution in [0.5, 0.6) is 23.0 Å². The minimum absolute atomic E-state index is 0.0641. The Bertz CT molecular complexity index is 1760. The highest BCUT2D eigenvalue weighted by atomic mass is 16.6. The maximum Gasteiger partial charge on any atom is 0.330 e. The lowest BCUT2D eigenvalue weighted by Crippen LogP contribution is -2.30. The van der Waals surface area contributed by atoms with E-state index in [1.165, 1.54) is 0 Å². The normalized spacial score (nSPS) is 11.7. The summed E-state index contributed by atoms with van der Waals surface area (Å²) in [6.07, 6.45) is 0.411. The molecule has 2 N–H and O–H groups in total. The summed E-state index contributed by atoms with van der Waals surface area (Å²) in [5.74, 6) is 1.94. The monoisotopic (exact) mass is 613 g/mol. The molecule has 1 unspecified atom stereocenters. The molecule has 5 aromatic carbocycles. The Hall–Kier alpha value is -6.29. The molecule has 0 bridgehead atoms. The Morgan fingerprint density at radius 1 is 0.587 bits per heavy atom. The summed E-state index contributed by atoms with van der Waals surface area (Å²) in [6, 6.07) is 38.1. The van der Waals surface area contributed by atoms with Crippen molar-refractivity contribution >= 4 is 34.4 Å². The van der Waals surface area contributed by atoms with Gasteiger partial charge in [0.05, 0.1) is 22.7 Å². The van der Waals surface area contributed by atoms with E-state index in [0.29, 0.717) is 45.7 Å². The number of esters is 1. The summed E-state index contributed by atoms with van der Waals surface area (Å²) in [7, 11) is 0. The molecule has 0 heterocycles. The Morgan fingerprint density at radius 3 is 1.41 bits per heavy atom. The number of nitrogens with zero attached hydrogens (tertiary/aromatic N) is 4. The number of benzene rings is 5. The lowest BCUT2D eigenvalue weighted by molar-refractivity contribution is -0.146. The molecule has 1 atom stereocenters.